The van der Waals surface area contributed by atoms with Gasteiger partial charge in [-0.3, -0.25) is 4.79 Å². The number of aromatic nitrogens is 1. The predicted molar refractivity (Wildman–Crippen MR) is 133 cm³/mol. The molecular formula is C26H22ClF3N2O5S. The Hall–Kier alpha value is -3.31. The quantitative estimate of drug-likeness (QED) is 0.463. The molecule has 2 aliphatic rings. The molecule has 12 heteroatoms. The van der Waals surface area contributed by atoms with Crippen LogP contribution in [0.5, 0.6) is 0 Å². The molecule has 0 radical (unpaired) electrons. The van der Waals surface area contributed by atoms with Gasteiger partial charge in [-0.15, -0.1) is 0 Å². The molecule has 1 amide bonds. The topological polar surface area (TPSA) is 96.7 Å². The third-order valence-electron chi connectivity index (χ3n) is 7.12. The molecule has 1 unspecified atom stereocenters. The summed E-state index contributed by atoms with van der Waals surface area (Å²) in [6.07, 6.45) is -2.04. The van der Waals surface area contributed by atoms with Crippen molar-refractivity contribution in [2.45, 2.75) is 36.8 Å². The number of likely N-dealkylation sites (tertiary alicyclic amines) is 1. The molecule has 1 aromatic heterocycles. The van der Waals surface area contributed by atoms with E-state index < -0.39 is 43.6 Å². The van der Waals surface area contributed by atoms with Crippen molar-refractivity contribution in [1.82, 2.24) is 8.87 Å². The van der Waals surface area contributed by atoms with E-state index in [4.69, 9.17) is 11.6 Å². The van der Waals surface area contributed by atoms with Gasteiger partial charge in [-0.05, 0) is 54.7 Å². The first-order valence-electron chi connectivity index (χ1n) is 11.9. The first-order chi connectivity index (χ1) is 17.9. The van der Waals surface area contributed by atoms with Crippen molar-refractivity contribution >= 4 is 33.5 Å². The van der Waals surface area contributed by atoms with Crippen LogP contribution in [-0.4, -0.2) is 47.4 Å². The minimum absolute atomic E-state index is 0.0285. The van der Waals surface area contributed by atoms with Gasteiger partial charge in [-0.25, -0.2) is 17.2 Å². The minimum Gasteiger partial charge on any atom is -0.478 e. The molecule has 1 fully saturated rings. The van der Waals surface area contributed by atoms with Crippen molar-refractivity contribution in [3.05, 3.63) is 76.1 Å². The molecule has 38 heavy (non-hydrogen) atoms. The number of carbonyl (C=O) groups excluding carboxylic acids is 1. The molecule has 1 N–H and O–H groups in total. The normalized spacial score (nSPS) is 17.6. The van der Waals surface area contributed by atoms with Crippen molar-refractivity contribution in [2.75, 3.05) is 13.1 Å². The van der Waals surface area contributed by atoms with Gasteiger partial charge in [0.1, 0.15) is 4.90 Å². The van der Waals surface area contributed by atoms with E-state index in [1.807, 2.05) is 0 Å². The number of halogens is 4. The molecule has 200 valence electrons. The Balaban J connectivity index is 1.68. The van der Waals surface area contributed by atoms with Crippen LogP contribution in [0, 0.1) is 5.92 Å². The first-order valence-corrected chi connectivity index (χ1v) is 13.7. The third-order valence-corrected chi connectivity index (χ3v) is 9.34. The zero-order valence-electron chi connectivity index (χ0n) is 19.8. The fourth-order valence-corrected chi connectivity index (χ4v) is 7.22. The second kappa shape index (κ2) is 9.46. The highest BCUT2D eigenvalue weighted by atomic mass is 35.5. The molecule has 1 aliphatic carbocycles. The average Bonchev–Trinajstić information content (AvgIpc) is 3.22. The van der Waals surface area contributed by atoms with Crippen LogP contribution in [0.2, 0.25) is 5.02 Å². The highest BCUT2D eigenvalue weighted by Gasteiger charge is 2.41. The Morgan fingerprint density at radius 2 is 1.74 bits per heavy atom. The highest BCUT2D eigenvalue weighted by Crippen LogP contribution is 2.42. The number of rotatable bonds is 5. The maximum absolute atomic E-state index is 13.9. The number of fused-ring (bicyclic) bond motifs is 1. The van der Waals surface area contributed by atoms with Crippen LogP contribution < -0.4 is 0 Å². The van der Waals surface area contributed by atoms with Crippen molar-refractivity contribution in [1.29, 1.82) is 0 Å². The molecule has 1 saturated heterocycles. The molecule has 3 aromatic rings. The van der Waals surface area contributed by atoms with Crippen LogP contribution in [0.4, 0.5) is 13.2 Å². The largest absolute Gasteiger partial charge is 0.478 e. The van der Waals surface area contributed by atoms with E-state index in [1.165, 1.54) is 30.5 Å². The SMILES string of the molecule is O=C(O)c1ccc(-c2cn(S(=O)(=O)c3c(Cl)cccc3C(F)(F)F)c3c2CCC(C(=O)N2CCC2)C3)cc1. The fraction of sp³-hybridized carbons (Fsp3) is 0.308. The smallest absolute Gasteiger partial charge is 0.417 e. The minimum atomic E-state index is -4.98. The summed E-state index contributed by atoms with van der Waals surface area (Å²) in [4.78, 5) is 24.9. The molecular weight excluding hydrogens is 545 g/mol. The molecule has 7 nitrogen and oxygen atoms in total. The molecule has 0 bridgehead atoms. The van der Waals surface area contributed by atoms with Crippen molar-refractivity contribution in [3.8, 4) is 11.1 Å². The summed E-state index contributed by atoms with van der Waals surface area (Å²) >= 11 is 6.06. The van der Waals surface area contributed by atoms with Gasteiger partial charge in [-0.2, -0.15) is 13.2 Å². The Bertz CT molecular complexity index is 1540. The maximum atomic E-state index is 13.9. The Kier molecular flexibility index (Phi) is 6.55. The lowest BCUT2D eigenvalue weighted by atomic mass is 9.84. The van der Waals surface area contributed by atoms with Gasteiger partial charge in [0.25, 0.3) is 10.0 Å². The number of benzene rings is 2. The second-order valence-electron chi connectivity index (χ2n) is 9.38. The van der Waals surface area contributed by atoms with E-state index in [0.29, 0.717) is 48.7 Å². The van der Waals surface area contributed by atoms with Crippen LogP contribution in [-0.2, 0) is 33.8 Å². The van der Waals surface area contributed by atoms with Gasteiger partial charge >= 0.3 is 12.1 Å². The number of amides is 1. The zero-order chi connectivity index (χ0) is 27.4. The van der Waals surface area contributed by atoms with Gasteiger partial charge in [0, 0.05) is 42.9 Å². The molecule has 2 heterocycles. The number of alkyl halides is 3. The van der Waals surface area contributed by atoms with Crippen LogP contribution in [0.25, 0.3) is 11.1 Å². The van der Waals surface area contributed by atoms with E-state index in [1.54, 1.807) is 4.90 Å². The van der Waals surface area contributed by atoms with E-state index in [0.717, 1.165) is 22.5 Å². The third kappa shape index (κ3) is 4.47. The summed E-state index contributed by atoms with van der Waals surface area (Å²) < 4.78 is 70.1. The number of hydrogen-bond acceptors (Lipinski definition) is 4. The van der Waals surface area contributed by atoms with Crippen molar-refractivity contribution < 1.29 is 36.3 Å². The maximum Gasteiger partial charge on any atom is 0.417 e. The van der Waals surface area contributed by atoms with E-state index in [9.17, 15) is 36.3 Å². The van der Waals surface area contributed by atoms with Crippen LogP contribution >= 0.6 is 11.6 Å². The molecule has 2 aromatic carbocycles. The monoisotopic (exact) mass is 566 g/mol. The Labute approximate surface area is 221 Å². The lowest BCUT2D eigenvalue weighted by molar-refractivity contribution is -0.140. The number of carboxylic acids is 1. The summed E-state index contributed by atoms with van der Waals surface area (Å²) in [5.41, 5.74) is 0.397. The van der Waals surface area contributed by atoms with Gasteiger partial charge in [0.15, 0.2) is 0 Å². The first kappa shape index (κ1) is 26.3. The van der Waals surface area contributed by atoms with Gasteiger partial charge in [0.05, 0.1) is 16.1 Å². The lowest BCUT2D eigenvalue weighted by Gasteiger charge is -2.35. The van der Waals surface area contributed by atoms with Crippen LogP contribution in [0.15, 0.2) is 53.6 Å². The van der Waals surface area contributed by atoms with Gasteiger partial charge < -0.3 is 10.0 Å². The van der Waals surface area contributed by atoms with Crippen LogP contribution in [0.1, 0.15) is 40.0 Å². The number of nitrogens with zero attached hydrogens (tertiary/aromatic N) is 2. The van der Waals surface area contributed by atoms with E-state index in [-0.39, 0.29) is 23.6 Å². The lowest BCUT2D eigenvalue weighted by Crippen LogP contribution is -2.46. The molecule has 1 atom stereocenters. The van der Waals surface area contributed by atoms with Crippen molar-refractivity contribution in [3.63, 3.8) is 0 Å². The number of carbonyl (C=O) groups is 2. The summed E-state index contributed by atoms with van der Waals surface area (Å²) in [5, 5.41) is 8.65. The van der Waals surface area contributed by atoms with Gasteiger partial charge in [-0.1, -0.05) is 29.8 Å². The molecule has 5 rings (SSSR count). The number of hydrogen-bond donors (Lipinski definition) is 1. The predicted octanol–water partition coefficient (Wildman–Crippen LogP) is 5.10. The molecule has 1 aliphatic heterocycles. The average molecular weight is 567 g/mol. The standard InChI is InChI=1S/C26H22ClF3N2O5S/c27-21-4-1-3-20(26(28,29)30)23(21)38(36,37)32-14-19(15-5-7-16(8-6-15)25(34)35)18-10-9-17(13-22(18)32)24(33)31-11-2-12-31/h1,3-8,14,17H,2,9-13H2,(H,34,35). The molecule has 0 spiro atoms. The summed E-state index contributed by atoms with van der Waals surface area (Å²) in [5.74, 6) is -1.75. The van der Waals surface area contributed by atoms with E-state index >= 15 is 0 Å². The molecule has 0 saturated carbocycles. The van der Waals surface area contributed by atoms with E-state index in [2.05, 4.69) is 0 Å². The van der Waals surface area contributed by atoms with Gasteiger partial charge in [0.2, 0.25) is 5.91 Å². The summed E-state index contributed by atoms with van der Waals surface area (Å²) in [6, 6.07) is 8.55. The Morgan fingerprint density at radius 1 is 1.05 bits per heavy atom. The number of carboxylic acid groups (broad SMARTS) is 1. The second-order valence-corrected chi connectivity index (χ2v) is 11.5. The number of aromatic carboxylic acids is 1. The summed E-state index contributed by atoms with van der Waals surface area (Å²) in [6.45, 7) is 1.24. The summed E-state index contributed by atoms with van der Waals surface area (Å²) in [7, 11) is -4.85. The zero-order valence-corrected chi connectivity index (χ0v) is 21.4. The Morgan fingerprint density at radius 3 is 2.32 bits per heavy atom. The van der Waals surface area contributed by atoms with Crippen LogP contribution in [0.3, 0.4) is 0 Å². The van der Waals surface area contributed by atoms with Crippen molar-refractivity contribution in [2.24, 2.45) is 5.92 Å². The highest BCUT2D eigenvalue weighted by molar-refractivity contribution is 7.90. The fourth-order valence-electron chi connectivity index (χ4n) is 5.06.